The van der Waals surface area contributed by atoms with Crippen molar-refractivity contribution in [3.63, 3.8) is 0 Å². The average molecular weight is 478 g/mol. The van der Waals surface area contributed by atoms with Crippen molar-refractivity contribution < 1.29 is 13.9 Å². The molecule has 0 aliphatic carbocycles. The molecule has 0 saturated heterocycles. The molecule has 4 rings (SSSR count). The Bertz CT molecular complexity index is 1320. The van der Waals surface area contributed by atoms with E-state index in [-0.39, 0.29) is 12.4 Å². The summed E-state index contributed by atoms with van der Waals surface area (Å²) in [6.07, 6.45) is 1.74. The summed E-state index contributed by atoms with van der Waals surface area (Å²) in [4.78, 5) is 7.65. The number of fused-ring (bicyclic) bond motifs is 1. The maximum atomic E-state index is 13.8. The lowest BCUT2D eigenvalue weighted by Crippen LogP contribution is -1.98. The molecule has 0 radical (unpaired) electrons. The molecule has 0 fully saturated rings. The number of halogens is 2. The van der Waals surface area contributed by atoms with Crippen molar-refractivity contribution in [2.75, 3.05) is 7.11 Å². The number of ether oxygens (including phenoxy) is 2. The molecule has 0 bridgehead atoms. The van der Waals surface area contributed by atoms with E-state index in [1.54, 1.807) is 37.5 Å². The van der Waals surface area contributed by atoms with Gasteiger partial charge < -0.3 is 14.5 Å². The second-order valence-electron chi connectivity index (χ2n) is 6.71. The van der Waals surface area contributed by atoms with Gasteiger partial charge in [-0.15, -0.1) is 0 Å². The Morgan fingerprint density at radius 2 is 2.03 bits per heavy atom. The molecule has 7 heteroatoms. The Hall–Kier alpha value is -3.63. The van der Waals surface area contributed by atoms with Gasteiger partial charge in [0.1, 0.15) is 35.8 Å². The standard InChI is InChI=1S/C24H17BrFN3O2/c1-30-18-7-8-21-22(12-18)29-24(28-21)17(13-27)10-15-6-9-23(19(25)11-15)31-14-16-4-2-3-5-20(16)26/h2-12H,14H2,1H3,(H,28,29)/b17-10+. The largest absolute Gasteiger partial charge is 0.497 e. The first-order valence-electron chi connectivity index (χ1n) is 9.39. The SMILES string of the molecule is COc1ccc2nc(/C(C#N)=C/c3ccc(OCc4ccccc4F)c(Br)c3)[nH]c2c1. The number of hydrogen-bond acceptors (Lipinski definition) is 4. The van der Waals surface area contributed by atoms with Crippen molar-refractivity contribution in [2.24, 2.45) is 0 Å². The van der Waals surface area contributed by atoms with Crippen molar-refractivity contribution in [1.82, 2.24) is 9.97 Å². The Morgan fingerprint density at radius 1 is 1.19 bits per heavy atom. The van der Waals surface area contributed by atoms with Gasteiger partial charge in [-0.1, -0.05) is 24.3 Å². The van der Waals surface area contributed by atoms with Crippen molar-refractivity contribution in [3.05, 3.63) is 87.9 Å². The summed E-state index contributed by atoms with van der Waals surface area (Å²) in [7, 11) is 1.60. The summed E-state index contributed by atoms with van der Waals surface area (Å²) in [6, 6.07) is 19.6. The number of aromatic nitrogens is 2. The van der Waals surface area contributed by atoms with Crippen LogP contribution in [0.25, 0.3) is 22.7 Å². The zero-order valence-corrected chi connectivity index (χ0v) is 18.1. The molecular formula is C24H17BrFN3O2. The van der Waals surface area contributed by atoms with Crippen molar-refractivity contribution in [2.45, 2.75) is 6.61 Å². The fourth-order valence-electron chi connectivity index (χ4n) is 3.06. The fraction of sp³-hybridized carbons (Fsp3) is 0.0833. The maximum absolute atomic E-state index is 13.8. The van der Waals surface area contributed by atoms with E-state index >= 15 is 0 Å². The summed E-state index contributed by atoms with van der Waals surface area (Å²) in [5, 5.41) is 9.65. The number of allylic oxidation sites excluding steroid dienone is 1. The molecule has 0 spiro atoms. The normalized spacial score (nSPS) is 11.4. The van der Waals surface area contributed by atoms with Crippen LogP contribution in [-0.4, -0.2) is 17.1 Å². The van der Waals surface area contributed by atoms with E-state index in [1.165, 1.54) is 6.07 Å². The van der Waals surface area contributed by atoms with Gasteiger partial charge in [0.25, 0.3) is 0 Å². The van der Waals surface area contributed by atoms with Crippen LogP contribution in [0.1, 0.15) is 17.0 Å². The van der Waals surface area contributed by atoms with E-state index in [0.717, 1.165) is 16.6 Å². The molecule has 1 N–H and O–H groups in total. The van der Waals surface area contributed by atoms with Crippen molar-refractivity contribution in [3.8, 4) is 17.6 Å². The van der Waals surface area contributed by atoms with Crippen molar-refractivity contribution in [1.29, 1.82) is 5.26 Å². The van der Waals surface area contributed by atoms with E-state index in [1.807, 2.05) is 30.3 Å². The minimum atomic E-state index is -0.305. The number of methoxy groups -OCH3 is 1. The predicted octanol–water partition coefficient (Wildman–Crippen LogP) is 6.12. The zero-order valence-electron chi connectivity index (χ0n) is 16.5. The van der Waals surface area contributed by atoms with Gasteiger partial charge in [-0.25, -0.2) is 9.37 Å². The average Bonchev–Trinajstić information content (AvgIpc) is 3.21. The number of nitrogens with one attached hydrogen (secondary N) is 1. The van der Waals surface area contributed by atoms with Gasteiger partial charge in [-0.2, -0.15) is 5.26 Å². The lowest BCUT2D eigenvalue weighted by molar-refractivity contribution is 0.298. The lowest BCUT2D eigenvalue weighted by Gasteiger charge is -2.09. The van der Waals surface area contributed by atoms with Gasteiger partial charge in [0, 0.05) is 11.6 Å². The molecule has 154 valence electrons. The lowest BCUT2D eigenvalue weighted by atomic mass is 10.1. The van der Waals surface area contributed by atoms with Crippen LogP contribution < -0.4 is 9.47 Å². The number of nitrogens with zero attached hydrogens (tertiary/aromatic N) is 2. The van der Waals surface area contributed by atoms with Crippen LogP contribution in [0.15, 0.2) is 65.1 Å². The molecule has 0 saturated carbocycles. The molecule has 0 unspecified atom stereocenters. The van der Waals surface area contributed by atoms with E-state index in [2.05, 4.69) is 32.0 Å². The van der Waals surface area contributed by atoms with Crippen LogP contribution in [-0.2, 0) is 6.61 Å². The molecule has 5 nitrogen and oxygen atoms in total. The number of H-pyrrole nitrogens is 1. The number of nitriles is 1. The van der Waals surface area contributed by atoms with Crippen LogP contribution in [0.2, 0.25) is 0 Å². The number of hydrogen-bond donors (Lipinski definition) is 1. The topological polar surface area (TPSA) is 70.9 Å². The Labute approximate surface area is 186 Å². The van der Waals surface area contributed by atoms with Gasteiger partial charge in [-0.05, 0) is 57.9 Å². The Morgan fingerprint density at radius 3 is 2.77 bits per heavy atom. The molecule has 0 atom stereocenters. The monoisotopic (exact) mass is 477 g/mol. The minimum Gasteiger partial charge on any atom is -0.497 e. The third-order valence-electron chi connectivity index (χ3n) is 4.67. The summed E-state index contributed by atoms with van der Waals surface area (Å²) in [6.45, 7) is 0.117. The van der Waals surface area contributed by atoms with Gasteiger partial charge in [0.05, 0.1) is 28.2 Å². The molecular weight excluding hydrogens is 461 g/mol. The summed E-state index contributed by atoms with van der Waals surface area (Å²) in [5.74, 6) is 1.46. The van der Waals surface area contributed by atoms with Gasteiger partial charge >= 0.3 is 0 Å². The van der Waals surface area contributed by atoms with Gasteiger partial charge in [0.15, 0.2) is 0 Å². The molecule has 1 aromatic heterocycles. The number of imidazole rings is 1. The second kappa shape index (κ2) is 9.02. The van der Waals surface area contributed by atoms with E-state index in [0.29, 0.717) is 32.9 Å². The second-order valence-corrected chi connectivity index (χ2v) is 7.56. The minimum absolute atomic E-state index is 0.117. The Balaban J connectivity index is 1.56. The summed E-state index contributed by atoms with van der Waals surface area (Å²) < 4.78 is 25.4. The molecule has 4 aromatic rings. The number of benzene rings is 3. The van der Waals surface area contributed by atoms with E-state index < -0.39 is 0 Å². The van der Waals surface area contributed by atoms with Crippen LogP contribution >= 0.6 is 15.9 Å². The Kier molecular flexibility index (Phi) is 6.01. The molecule has 0 aliphatic heterocycles. The molecule has 0 amide bonds. The molecule has 0 aliphatic rings. The number of rotatable bonds is 6. The maximum Gasteiger partial charge on any atom is 0.149 e. The first-order valence-corrected chi connectivity index (χ1v) is 10.2. The fourth-order valence-corrected chi connectivity index (χ4v) is 3.57. The first-order chi connectivity index (χ1) is 15.1. The van der Waals surface area contributed by atoms with Crippen molar-refractivity contribution >= 4 is 38.6 Å². The highest BCUT2D eigenvalue weighted by Gasteiger charge is 2.10. The van der Waals surface area contributed by atoms with Gasteiger partial charge in [-0.3, -0.25) is 0 Å². The van der Waals surface area contributed by atoms with Crippen LogP contribution in [0.3, 0.4) is 0 Å². The smallest absolute Gasteiger partial charge is 0.149 e. The summed E-state index contributed by atoms with van der Waals surface area (Å²) in [5.41, 5.74) is 3.19. The van der Waals surface area contributed by atoms with Crippen LogP contribution in [0.5, 0.6) is 11.5 Å². The summed E-state index contributed by atoms with van der Waals surface area (Å²) >= 11 is 3.48. The van der Waals surface area contributed by atoms with Crippen LogP contribution in [0, 0.1) is 17.1 Å². The molecule has 3 aromatic carbocycles. The van der Waals surface area contributed by atoms with Crippen LogP contribution in [0.4, 0.5) is 4.39 Å². The quantitative estimate of drug-likeness (QED) is 0.339. The predicted molar refractivity (Wildman–Crippen MR) is 121 cm³/mol. The highest BCUT2D eigenvalue weighted by molar-refractivity contribution is 9.10. The zero-order chi connectivity index (χ0) is 21.8. The molecule has 31 heavy (non-hydrogen) atoms. The first kappa shape index (κ1) is 20.6. The van der Waals surface area contributed by atoms with E-state index in [4.69, 9.17) is 9.47 Å². The highest BCUT2D eigenvalue weighted by atomic mass is 79.9. The molecule has 1 heterocycles. The van der Waals surface area contributed by atoms with E-state index in [9.17, 15) is 9.65 Å². The highest BCUT2D eigenvalue weighted by Crippen LogP contribution is 2.29. The van der Waals surface area contributed by atoms with Gasteiger partial charge in [0.2, 0.25) is 0 Å². The number of aromatic amines is 1. The third-order valence-corrected chi connectivity index (χ3v) is 5.29. The third kappa shape index (κ3) is 4.60.